The Morgan fingerprint density at radius 2 is 1.79 bits per heavy atom. The van der Waals surface area contributed by atoms with Crippen LogP contribution in [-0.2, 0) is 13.1 Å². The molecule has 0 radical (unpaired) electrons. The molecular formula is C20H16ClN5O2. The van der Waals surface area contributed by atoms with Gasteiger partial charge in [0.15, 0.2) is 16.9 Å². The minimum Gasteiger partial charge on any atom is -0.292 e. The lowest BCUT2D eigenvalue weighted by atomic mass is 10.1. The zero-order valence-corrected chi connectivity index (χ0v) is 15.8. The van der Waals surface area contributed by atoms with Gasteiger partial charge in [0.1, 0.15) is 6.33 Å². The van der Waals surface area contributed by atoms with Crippen molar-refractivity contribution in [2.75, 3.05) is 0 Å². The third kappa shape index (κ3) is 3.57. The Morgan fingerprint density at radius 1 is 1.07 bits per heavy atom. The van der Waals surface area contributed by atoms with Gasteiger partial charge in [0, 0.05) is 10.6 Å². The lowest BCUT2D eigenvalue weighted by molar-refractivity contribution is 0.0970. The molecule has 0 saturated carbocycles. The zero-order chi connectivity index (χ0) is 19.7. The van der Waals surface area contributed by atoms with Crippen LogP contribution in [0.25, 0.3) is 11.2 Å². The summed E-state index contributed by atoms with van der Waals surface area (Å²) in [6.45, 7) is 2.34. The quantitative estimate of drug-likeness (QED) is 0.487. The molecule has 0 aliphatic rings. The third-order valence-corrected chi connectivity index (χ3v) is 4.68. The molecule has 0 N–H and O–H groups in total. The fraction of sp³-hybridized carbons (Fsp3) is 0.150. The third-order valence-electron chi connectivity index (χ3n) is 4.42. The van der Waals surface area contributed by atoms with Crippen LogP contribution in [0.3, 0.4) is 0 Å². The lowest BCUT2D eigenvalue weighted by Crippen LogP contribution is -2.25. The van der Waals surface area contributed by atoms with E-state index in [2.05, 4.69) is 15.3 Å². The van der Waals surface area contributed by atoms with Gasteiger partial charge in [0.2, 0.25) is 0 Å². The first-order valence-electron chi connectivity index (χ1n) is 8.64. The molecule has 0 saturated heterocycles. The van der Waals surface area contributed by atoms with Gasteiger partial charge in [-0.1, -0.05) is 46.6 Å². The zero-order valence-electron chi connectivity index (χ0n) is 15.0. The van der Waals surface area contributed by atoms with Crippen LogP contribution in [0.5, 0.6) is 0 Å². The molecule has 0 unspecified atom stereocenters. The summed E-state index contributed by atoms with van der Waals surface area (Å²) in [5.41, 5.74) is 2.79. The SMILES string of the molecule is Cc1ccc(Cn2nnc3c(=O)n(CC(=O)c4ccc(Cl)cc4)cnc32)cc1. The van der Waals surface area contributed by atoms with Crippen LogP contribution in [0, 0.1) is 6.92 Å². The van der Waals surface area contributed by atoms with Crippen molar-refractivity contribution in [2.24, 2.45) is 0 Å². The number of rotatable bonds is 5. The maximum absolute atomic E-state index is 12.7. The van der Waals surface area contributed by atoms with Crippen molar-refractivity contribution in [3.05, 3.63) is 86.9 Å². The van der Waals surface area contributed by atoms with Gasteiger partial charge in [0.25, 0.3) is 5.56 Å². The normalized spacial score (nSPS) is 11.1. The molecule has 0 atom stereocenters. The molecule has 4 rings (SSSR count). The van der Waals surface area contributed by atoms with E-state index in [0.29, 0.717) is 22.8 Å². The second-order valence-corrected chi connectivity index (χ2v) is 6.95. The number of aryl methyl sites for hydroxylation is 1. The molecule has 0 bridgehead atoms. The molecule has 0 amide bonds. The number of Topliss-reactive ketones (excluding diaryl/α,β-unsaturated/α-hetero) is 1. The number of nitrogens with zero attached hydrogens (tertiary/aromatic N) is 5. The van der Waals surface area contributed by atoms with E-state index < -0.39 is 5.56 Å². The predicted octanol–water partition coefficient (Wildman–Crippen LogP) is 2.88. The fourth-order valence-electron chi connectivity index (χ4n) is 2.85. The van der Waals surface area contributed by atoms with Gasteiger partial charge in [-0.15, -0.1) is 5.10 Å². The summed E-state index contributed by atoms with van der Waals surface area (Å²) in [7, 11) is 0. The highest BCUT2D eigenvalue weighted by molar-refractivity contribution is 6.30. The van der Waals surface area contributed by atoms with Gasteiger partial charge in [-0.3, -0.25) is 14.2 Å². The van der Waals surface area contributed by atoms with Crippen molar-refractivity contribution in [3.8, 4) is 0 Å². The van der Waals surface area contributed by atoms with Gasteiger partial charge in [0.05, 0.1) is 13.1 Å². The second-order valence-electron chi connectivity index (χ2n) is 6.51. The van der Waals surface area contributed by atoms with Crippen molar-refractivity contribution in [1.82, 2.24) is 24.5 Å². The number of hydrogen-bond donors (Lipinski definition) is 0. The summed E-state index contributed by atoms with van der Waals surface area (Å²) in [5, 5.41) is 8.57. The molecule has 0 aliphatic carbocycles. The maximum atomic E-state index is 12.7. The highest BCUT2D eigenvalue weighted by Gasteiger charge is 2.15. The largest absolute Gasteiger partial charge is 0.292 e. The predicted molar refractivity (Wildman–Crippen MR) is 106 cm³/mol. The standard InChI is InChI=1S/C20H16ClN5O2/c1-13-2-4-14(5-3-13)10-26-19-18(23-24-26)20(28)25(12-22-19)11-17(27)15-6-8-16(21)9-7-15/h2-9,12H,10-11H2,1H3. The molecular weight excluding hydrogens is 378 g/mol. The smallest absolute Gasteiger partial charge is 0.283 e. The van der Waals surface area contributed by atoms with Crippen LogP contribution in [0.2, 0.25) is 5.02 Å². The van der Waals surface area contributed by atoms with E-state index in [9.17, 15) is 9.59 Å². The number of hydrogen-bond acceptors (Lipinski definition) is 5. The number of ketones is 1. The molecule has 2 aromatic carbocycles. The molecule has 7 nitrogen and oxygen atoms in total. The Labute approximate surface area is 165 Å². The topological polar surface area (TPSA) is 82.7 Å². The number of benzene rings is 2. The Kier molecular flexibility index (Phi) is 4.75. The van der Waals surface area contributed by atoms with Gasteiger partial charge < -0.3 is 0 Å². The highest BCUT2D eigenvalue weighted by Crippen LogP contribution is 2.11. The van der Waals surface area contributed by atoms with Crippen LogP contribution in [-0.4, -0.2) is 30.3 Å². The average Bonchev–Trinajstić information content (AvgIpc) is 3.10. The van der Waals surface area contributed by atoms with E-state index in [1.54, 1.807) is 28.9 Å². The second kappa shape index (κ2) is 7.36. The molecule has 8 heteroatoms. The van der Waals surface area contributed by atoms with Crippen LogP contribution >= 0.6 is 11.6 Å². The fourth-order valence-corrected chi connectivity index (χ4v) is 2.98. The number of fused-ring (bicyclic) bond motifs is 1. The molecule has 140 valence electrons. The first-order valence-corrected chi connectivity index (χ1v) is 9.02. The summed E-state index contributed by atoms with van der Waals surface area (Å²) < 4.78 is 2.82. The molecule has 2 aromatic heterocycles. The summed E-state index contributed by atoms with van der Waals surface area (Å²) in [5.74, 6) is -0.216. The van der Waals surface area contributed by atoms with Gasteiger partial charge >= 0.3 is 0 Å². The van der Waals surface area contributed by atoms with E-state index in [-0.39, 0.29) is 17.8 Å². The summed E-state index contributed by atoms with van der Waals surface area (Å²) in [4.78, 5) is 29.4. The van der Waals surface area contributed by atoms with Crippen molar-refractivity contribution in [3.63, 3.8) is 0 Å². The Hall–Kier alpha value is -3.32. The van der Waals surface area contributed by atoms with E-state index in [1.807, 2.05) is 31.2 Å². The van der Waals surface area contributed by atoms with Crippen molar-refractivity contribution in [2.45, 2.75) is 20.0 Å². The number of halogens is 1. The molecule has 0 spiro atoms. The summed E-state index contributed by atoms with van der Waals surface area (Å²) in [6, 6.07) is 14.5. The van der Waals surface area contributed by atoms with Crippen LogP contribution in [0.1, 0.15) is 21.5 Å². The Bertz CT molecular complexity index is 1210. The van der Waals surface area contributed by atoms with E-state index >= 15 is 0 Å². The first kappa shape index (κ1) is 18.1. The van der Waals surface area contributed by atoms with Crippen LogP contribution in [0.15, 0.2) is 59.7 Å². The molecule has 2 heterocycles. The molecule has 4 aromatic rings. The number of carbonyl (C=O) groups is 1. The first-order chi connectivity index (χ1) is 13.5. The number of carbonyl (C=O) groups excluding carboxylic acids is 1. The van der Waals surface area contributed by atoms with Crippen molar-refractivity contribution < 1.29 is 4.79 Å². The van der Waals surface area contributed by atoms with E-state index in [4.69, 9.17) is 11.6 Å². The minimum atomic E-state index is -0.400. The van der Waals surface area contributed by atoms with Crippen LogP contribution < -0.4 is 5.56 Å². The number of aromatic nitrogens is 5. The van der Waals surface area contributed by atoms with E-state index in [0.717, 1.165) is 5.56 Å². The van der Waals surface area contributed by atoms with Crippen LogP contribution in [0.4, 0.5) is 0 Å². The van der Waals surface area contributed by atoms with Crippen molar-refractivity contribution >= 4 is 28.5 Å². The lowest BCUT2D eigenvalue weighted by Gasteiger charge is -2.06. The molecule has 0 aliphatic heterocycles. The minimum absolute atomic E-state index is 0.131. The van der Waals surface area contributed by atoms with Gasteiger partial charge in [-0.05, 0) is 36.8 Å². The maximum Gasteiger partial charge on any atom is 0.283 e. The Balaban J connectivity index is 1.61. The summed E-state index contributed by atoms with van der Waals surface area (Å²) in [6.07, 6.45) is 1.35. The molecule has 28 heavy (non-hydrogen) atoms. The average molecular weight is 394 g/mol. The van der Waals surface area contributed by atoms with Crippen molar-refractivity contribution in [1.29, 1.82) is 0 Å². The van der Waals surface area contributed by atoms with Gasteiger partial charge in [-0.2, -0.15) is 0 Å². The molecule has 0 fully saturated rings. The monoisotopic (exact) mass is 393 g/mol. The van der Waals surface area contributed by atoms with Gasteiger partial charge in [-0.25, -0.2) is 9.67 Å². The Morgan fingerprint density at radius 3 is 2.50 bits per heavy atom. The highest BCUT2D eigenvalue weighted by atomic mass is 35.5. The summed E-state index contributed by atoms with van der Waals surface area (Å²) >= 11 is 5.84. The van der Waals surface area contributed by atoms with E-state index in [1.165, 1.54) is 16.5 Å².